The first-order chi connectivity index (χ1) is 12.8. The first kappa shape index (κ1) is 17.1. The second-order valence-electron chi connectivity index (χ2n) is 7.30. The zero-order valence-electron chi connectivity index (χ0n) is 15.1. The Labute approximate surface area is 155 Å². The van der Waals surface area contributed by atoms with E-state index < -0.39 is 0 Å². The number of carbonyl (C=O) groups excluding carboxylic acids is 1. The smallest absolute Gasteiger partial charge is 0.224 e. The van der Waals surface area contributed by atoms with Crippen molar-refractivity contribution >= 4 is 11.6 Å². The monoisotopic (exact) mass is 350 g/mol. The normalized spacial score (nSPS) is 19.3. The molecule has 1 unspecified atom stereocenters. The summed E-state index contributed by atoms with van der Waals surface area (Å²) in [5, 5.41) is 6.49. The highest BCUT2D eigenvalue weighted by atomic mass is 16.5. The van der Waals surface area contributed by atoms with Crippen LogP contribution in [-0.4, -0.2) is 25.6 Å². The van der Waals surface area contributed by atoms with Crippen LogP contribution >= 0.6 is 0 Å². The summed E-state index contributed by atoms with van der Waals surface area (Å²) in [5.74, 6) is 1.61. The zero-order valence-corrected chi connectivity index (χ0v) is 15.1. The Kier molecular flexibility index (Phi) is 5.21. The van der Waals surface area contributed by atoms with Crippen LogP contribution in [0.15, 0.2) is 42.5 Å². The number of nitrogens with one attached hydrogen (secondary N) is 2. The van der Waals surface area contributed by atoms with Crippen molar-refractivity contribution in [3.05, 3.63) is 48.0 Å². The van der Waals surface area contributed by atoms with Gasteiger partial charge in [0.1, 0.15) is 5.75 Å². The highest BCUT2D eigenvalue weighted by molar-refractivity contribution is 5.91. The van der Waals surface area contributed by atoms with Crippen LogP contribution in [0.3, 0.4) is 0 Å². The molecule has 2 aliphatic heterocycles. The third-order valence-electron chi connectivity index (χ3n) is 5.34. The largest absolute Gasteiger partial charge is 0.493 e. The molecule has 0 radical (unpaired) electrons. The first-order valence-electron chi connectivity index (χ1n) is 9.65. The minimum absolute atomic E-state index is 0.122. The lowest BCUT2D eigenvalue weighted by molar-refractivity contribution is -0.117. The number of hydrogen-bond donors (Lipinski definition) is 2. The van der Waals surface area contributed by atoms with Crippen LogP contribution in [0.4, 0.5) is 5.69 Å². The summed E-state index contributed by atoms with van der Waals surface area (Å²) < 4.78 is 5.59. The average molecular weight is 350 g/mol. The Balaban J connectivity index is 1.43. The number of fused-ring (bicyclic) bond motifs is 1. The van der Waals surface area contributed by atoms with Gasteiger partial charge in [-0.3, -0.25) is 4.79 Å². The second kappa shape index (κ2) is 7.92. The molecule has 136 valence electrons. The summed E-state index contributed by atoms with van der Waals surface area (Å²) >= 11 is 0. The fourth-order valence-electron chi connectivity index (χ4n) is 3.91. The topological polar surface area (TPSA) is 50.4 Å². The van der Waals surface area contributed by atoms with Crippen molar-refractivity contribution in [2.24, 2.45) is 5.92 Å². The van der Waals surface area contributed by atoms with Crippen molar-refractivity contribution in [1.29, 1.82) is 0 Å². The Morgan fingerprint density at radius 2 is 2.04 bits per heavy atom. The predicted molar refractivity (Wildman–Crippen MR) is 105 cm³/mol. The third-order valence-corrected chi connectivity index (χ3v) is 5.34. The van der Waals surface area contributed by atoms with Gasteiger partial charge >= 0.3 is 0 Å². The van der Waals surface area contributed by atoms with Crippen LogP contribution in [0.2, 0.25) is 0 Å². The molecule has 2 aromatic carbocycles. The molecule has 1 atom stereocenters. The lowest BCUT2D eigenvalue weighted by Gasteiger charge is -2.14. The first-order valence-corrected chi connectivity index (χ1v) is 9.65. The van der Waals surface area contributed by atoms with Gasteiger partial charge in [-0.1, -0.05) is 18.2 Å². The van der Waals surface area contributed by atoms with Gasteiger partial charge in [0.2, 0.25) is 5.91 Å². The highest BCUT2D eigenvalue weighted by Crippen LogP contribution is 2.31. The number of amides is 1. The SMILES string of the molecule is O=C(CC1CCCNCC1)Nc1cccc(-c2ccc3c(c2)CCO3)c1. The molecule has 26 heavy (non-hydrogen) atoms. The molecule has 1 amide bonds. The van der Waals surface area contributed by atoms with Gasteiger partial charge in [-0.2, -0.15) is 0 Å². The van der Waals surface area contributed by atoms with Crippen molar-refractivity contribution in [3.63, 3.8) is 0 Å². The van der Waals surface area contributed by atoms with Crippen molar-refractivity contribution in [3.8, 4) is 16.9 Å². The van der Waals surface area contributed by atoms with Gasteiger partial charge < -0.3 is 15.4 Å². The van der Waals surface area contributed by atoms with Crippen LogP contribution in [0.1, 0.15) is 31.2 Å². The number of rotatable bonds is 4. The molecule has 0 bridgehead atoms. The van der Waals surface area contributed by atoms with Gasteiger partial charge in [-0.25, -0.2) is 0 Å². The van der Waals surface area contributed by atoms with E-state index in [0.29, 0.717) is 12.3 Å². The van der Waals surface area contributed by atoms with E-state index in [-0.39, 0.29) is 5.91 Å². The number of hydrogen-bond acceptors (Lipinski definition) is 3. The number of carbonyl (C=O) groups is 1. The van der Waals surface area contributed by atoms with E-state index in [2.05, 4.69) is 34.9 Å². The van der Waals surface area contributed by atoms with Crippen LogP contribution in [0.5, 0.6) is 5.75 Å². The standard InChI is InChI=1S/C22H26N2O2/c25-22(13-16-3-2-10-23-11-8-16)24-20-5-1-4-17(15-20)18-6-7-21-19(14-18)9-12-26-21/h1,4-7,14-16,23H,2-3,8-13H2,(H,24,25). The number of ether oxygens (including phenoxy) is 1. The minimum Gasteiger partial charge on any atom is -0.493 e. The maximum Gasteiger partial charge on any atom is 0.224 e. The lowest BCUT2D eigenvalue weighted by atomic mass is 9.96. The average Bonchev–Trinajstić information content (AvgIpc) is 2.98. The van der Waals surface area contributed by atoms with Gasteiger partial charge in [0.15, 0.2) is 0 Å². The molecular formula is C22H26N2O2. The molecule has 4 nitrogen and oxygen atoms in total. The molecular weight excluding hydrogens is 324 g/mol. The van der Waals surface area contributed by atoms with Crippen molar-refractivity contribution in [2.75, 3.05) is 25.0 Å². The van der Waals surface area contributed by atoms with Crippen molar-refractivity contribution < 1.29 is 9.53 Å². The van der Waals surface area contributed by atoms with Gasteiger partial charge in [0.25, 0.3) is 0 Å². The molecule has 1 fully saturated rings. The predicted octanol–water partition coefficient (Wildman–Crippen LogP) is 4.01. The summed E-state index contributed by atoms with van der Waals surface area (Å²) in [4.78, 5) is 12.4. The van der Waals surface area contributed by atoms with E-state index in [4.69, 9.17) is 4.74 Å². The zero-order chi connectivity index (χ0) is 17.8. The summed E-state index contributed by atoms with van der Waals surface area (Å²) in [5.41, 5.74) is 4.42. The Morgan fingerprint density at radius 1 is 1.12 bits per heavy atom. The second-order valence-corrected chi connectivity index (χ2v) is 7.30. The molecule has 2 aliphatic rings. The van der Waals surface area contributed by atoms with Crippen molar-refractivity contribution in [2.45, 2.75) is 32.1 Å². The fourth-order valence-corrected chi connectivity index (χ4v) is 3.91. The highest BCUT2D eigenvalue weighted by Gasteiger charge is 2.16. The quantitative estimate of drug-likeness (QED) is 0.876. The number of benzene rings is 2. The lowest BCUT2D eigenvalue weighted by Crippen LogP contribution is -2.18. The van der Waals surface area contributed by atoms with Crippen LogP contribution < -0.4 is 15.4 Å². The molecule has 2 heterocycles. The summed E-state index contributed by atoms with van der Waals surface area (Å²) in [7, 11) is 0. The molecule has 2 aromatic rings. The Bertz CT molecular complexity index is 779. The van der Waals surface area contributed by atoms with Crippen LogP contribution in [0, 0.1) is 5.92 Å². The van der Waals surface area contributed by atoms with E-state index >= 15 is 0 Å². The summed E-state index contributed by atoms with van der Waals surface area (Å²) in [6.07, 6.45) is 4.97. The van der Waals surface area contributed by atoms with Crippen LogP contribution in [-0.2, 0) is 11.2 Å². The number of anilines is 1. The Morgan fingerprint density at radius 3 is 3.00 bits per heavy atom. The fraction of sp³-hybridized carbons (Fsp3) is 0.409. The van der Waals surface area contributed by atoms with Gasteiger partial charge in [0, 0.05) is 18.5 Å². The Hall–Kier alpha value is -2.33. The van der Waals surface area contributed by atoms with Crippen molar-refractivity contribution in [1.82, 2.24) is 5.32 Å². The molecule has 0 aliphatic carbocycles. The summed E-state index contributed by atoms with van der Waals surface area (Å²) in [6.45, 7) is 2.87. The molecule has 0 spiro atoms. The van der Waals surface area contributed by atoms with E-state index in [1.807, 2.05) is 18.2 Å². The minimum atomic E-state index is 0.122. The maximum absolute atomic E-state index is 12.4. The molecule has 0 saturated carbocycles. The van der Waals surface area contributed by atoms with E-state index in [1.165, 1.54) is 11.1 Å². The van der Waals surface area contributed by atoms with E-state index in [0.717, 1.165) is 62.4 Å². The van der Waals surface area contributed by atoms with Gasteiger partial charge in [-0.15, -0.1) is 0 Å². The molecule has 4 heteroatoms. The van der Waals surface area contributed by atoms with Crippen LogP contribution in [0.25, 0.3) is 11.1 Å². The van der Waals surface area contributed by atoms with E-state index in [9.17, 15) is 4.79 Å². The molecule has 2 N–H and O–H groups in total. The van der Waals surface area contributed by atoms with Gasteiger partial charge in [-0.05, 0) is 79.2 Å². The third kappa shape index (κ3) is 4.07. The molecule has 1 saturated heterocycles. The summed E-state index contributed by atoms with van der Waals surface area (Å²) in [6, 6.07) is 14.4. The maximum atomic E-state index is 12.4. The van der Waals surface area contributed by atoms with E-state index in [1.54, 1.807) is 0 Å². The molecule has 4 rings (SSSR count). The molecule has 0 aromatic heterocycles. The van der Waals surface area contributed by atoms with Gasteiger partial charge in [0.05, 0.1) is 6.61 Å².